The van der Waals surface area contributed by atoms with E-state index in [1.807, 2.05) is 24.3 Å². The third-order valence-electron chi connectivity index (χ3n) is 4.08. The number of amides is 1. The van der Waals surface area contributed by atoms with Gasteiger partial charge in [0.25, 0.3) is 5.91 Å². The van der Waals surface area contributed by atoms with E-state index in [-0.39, 0.29) is 22.5 Å². The van der Waals surface area contributed by atoms with Gasteiger partial charge in [-0.1, -0.05) is 35.3 Å². The Morgan fingerprint density at radius 3 is 2.58 bits per heavy atom. The Morgan fingerprint density at radius 2 is 1.88 bits per heavy atom. The van der Waals surface area contributed by atoms with Crippen molar-refractivity contribution in [2.24, 2.45) is 0 Å². The molecule has 0 aromatic heterocycles. The van der Waals surface area contributed by atoms with Crippen LogP contribution in [0.4, 0.5) is 4.39 Å². The number of hydrogen-bond donors (Lipinski definition) is 2. The van der Waals surface area contributed by atoms with E-state index < -0.39 is 5.82 Å². The third kappa shape index (κ3) is 4.47. The Kier molecular flexibility index (Phi) is 5.39. The van der Waals surface area contributed by atoms with Gasteiger partial charge in [0.05, 0.1) is 0 Å². The van der Waals surface area contributed by atoms with E-state index in [2.05, 4.69) is 10.6 Å². The summed E-state index contributed by atoms with van der Waals surface area (Å²) < 4.78 is 13.3. The van der Waals surface area contributed by atoms with Gasteiger partial charge in [-0.2, -0.15) is 0 Å². The molecule has 24 heavy (non-hydrogen) atoms. The molecule has 1 amide bonds. The summed E-state index contributed by atoms with van der Waals surface area (Å²) in [5.74, 6) is -0.808. The van der Waals surface area contributed by atoms with E-state index in [9.17, 15) is 9.18 Å². The fourth-order valence-electron chi connectivity index (χ4n) is 2.77. The Labute approximate surface area is 150 Å². The zero-order valence-electron chi connectivity index (χ0n) is 12.9. The highest BCUT2D eigenvalue weighted by atomic mass is 35.5. The summed E-state index contributed by atoms with van der Waals surface area (Å²) in [6, 6.07) is 12.0. The van der Waals surface area contributed by atoms with Crippen LogP contribution in [0.1, 0.15) is 28.8 Å². The normalized spacial score (nSPS) is 19.6. The van der Waals surface area contributed by atoms with Crippen LogP contribution >= 0.6 is 23.2 Å². The zero-order valence-corrected chi connectivity index (χ0v) is 14.4. The van der Waals surface area contributed by atoms with Gasteiger partial charge in [-0.3, -0.25) is 4.79 Å². The van der Waals surface area contributed by atoms with Crippen molar-refractivity contribution in [3.63, 3.8) is 0 Å². The van der Waals surface area contributed by atoms with Crippen LogP contribution in [0.25, 0.3) is 0 Å². The SMILES string of the molecule is O=C(NC1CC(NCc2cccc(Cl)c2)C1)c1cc(F)cc(Cl)c1. The fourth-order valence-corrected chi connectivity index (χ4v) is 3.20. The molecule has 2 aromatic carbocycles. The van der Waals surface area contributed by atoms with Gasteiger partial charge in [0.15, 0.2) is 0 Å². The summed E-state index contributed by atoms with van der Waals surface area (Å²) in [4.78, 5) is 12.1. The average Bonchev–Trinajstić information content (AvgIpc) is 2.48. The molecule has 1 aliphatic rings. The molecular formula is C18H17Cl2FN2O. The second-order valence-electron chi connectivity index (χ2n) is 6.01. The molecule has 1 fully saturated rings. The molecule has 0 atom stereocenters. The molecule has 126 valence electrons. The van der Waals surface area contributed by atoms with Crippen molar-refractivity contribution in [2.45, 2.75) is 31.5 Å². The predicted octanol–water partition coefficient (Wildman–Crippen LogP) is 4.18. The van der Waals surface area contributed by atoms with E-state index in [1.54, 1.807) is 0 Å². The van der Waals surface area contributed by atoms with Crippen LogP contribution in [-0.4, -0.2) is 18.0 Å². The molecule has 0 radical (unpaired) electrons. The van der Waals surface area contributed by atoms with Crippen molar-refractivity contribution in [2.75, 3.05) is 0 Å². The number of benzene rings is 2. The maximum absolute atomic E-state index is 13.3. The molecule has 6 heteroatoms. The third-order valence-corrected chi connectivity index (χ3v) is 4.54. The highest BCUT2D eigenvalue weighted by molar-refractivity contribution is 6.31. The topological polar surface area (TPSA) is 41.1 Å². The summed E-state index contributed by atoms with van der Waals surface area (Å²) in [5, 5.41) is 7.27. The van der Waals surface area contributed by atoms with Crippen LogP contribution in [0.3, 0.4) is 0 Å². The number of rotatable bonds is 5. The van der Waals surface area contributed by atoms with Crippen molar-refractivity contribution >= 4 is 29.1 Å². The molecule has 1 saturated carbocycles. The number of halogens is 3. The Hall–Kier alpha value is -1.62. The van der Waals surface area contributed by atoms with Crippen LogP contribution in [0, 0.1) is 5.82 Å². The van der Waals surface area contributed by atoms with Gasteiger partial charge in [-0.15, -0.1) is 0 Å². The molecule has 0 heterocycles. The minimum absolute atomic E-state index is 0.0939. The van der Waals surface area contributed by atoms with Gasteiger partial charge >= 0.3 is 0 Å². The molecule has 3 rings (SSSR count). The molecule has 3 nitrogen and oxygen atoms in total. The van der Waals surface area contributed by atoms with Crippen LogP contribution in [0.15, 0.2) is 42.5 Å². The van der Waals surface area contributed by atoms with Crippen LogP contribution in [0.2, 0.25) is 10.0 Å². The van der Waals surface area contributed by atoms with E-state index in [4.69, 9.17) is 23.2 Å². The van der Waals surface area contributed by atoms with E-state index >= 15 is 0 Å². The zero-order chi connectivity index (χ0) is 17.1. The van der Waals surface area contributed by atoms with E-state index in [0.29, 0.717) is 6.04 Å². The molecule has 0 spiro atoms. The lowest BCUT2D eigenvalue weighted by Gasteiger charge is -2.36. The van der Waals surface area contributed by atoms with E-state index in [1.165, 1.54) is 18.2 Å². The predicted molar refractivity (Wildman–Crippen MR) is 94.0 cm³/mol. The standard InChI is InChI=1S/C18H17Cl2FN2O/c19-13-3-1-2-11(4-13)10-22-16-8-17(9-16)23-18(24)12-5-14(20)7-15(21)6-12/h1-7,16-17,22H,8-10H2,(H,23,24). The van der Waals surface area contributed by atoms with Gasteiger partial charge in [0.1, 0.15) is 5.82 Å². The molecule has 2 aromatic rings. The highest BCUT2D eigenvalue weighted by Gasteiger charge is 2.30. The molecule has 1 aliphatic carbocycles. The molecule has 0 bridgehead atoms. The first kappa shape index (κ1) is 17.2. The molecular weight excluding hydrogens is 350 g/mol. The smallest absolute Gasteiger partial charge is 0.251 e. The first-order valence-corrected chi connectivity index (χ1v) is 8.50. The minimum atomic E-state index is -0.512. The molecule has 0 aliphatic heterocycles. The Bertz CT molecular complexity index is 727. The van der Waals surface area contributed by atoms with Gasteiger partial charge in [-0.25, -0.2) is 4.39 Å². The lowest BCUT2D eigenvalue weighted by molar-refractivity contribution is 0.0901. The van der Waals surface area contributed by atoms with Crippen molar-refractivity contribution in [1.29, 1.82) is 0 Å². The Morgan fingerprint density at radius 1 is 1.08 bits per heavy atom. The van der Waals surface area contributed by atoms with Crippen LogP contribution in [0.5, 0.6) is 0 Å². The van der Waals surface area contributed by atoms with Gasteiger partial charge in [0.2, 0.25) is 0 Å². The van der Waals surface area contributed by atoms with Gasteiger partial charge in [-0.05, 0) is 48.7 Å². The summed E-state index contributed by atoms with van der Waals surface area (Å²) in [6.45, 7) is 0.741. The second-order valence-corrected chi connectivity index (χ2v) is 6.88. The van der Waals surface area contributed by atoms with Crippen molar-refractivity contribution in [1.82, 2.24) is 10.6 Å². The highest BCUT2D eigenvalue weighted by Crippen LogP contribution is 2.22. The van der Waals surface area contributed by atoms with Gasteiger partial charge < -0.3 is 10.6 Å². The summed E-state index contributed by atoms with van der Waals surface area (Å²) >= 11 is 11.7. The first-order valence-electron chi connectivity index (χ1n) is 7.74. The minimum Gasteiger partial charge on any atom is -0.349 e. The first-order chi connectivity index (χ1) is 11.5. The van der Waals surface area contributed by atoms with Crippen LogP contribution < -0.4 is 10.6 Å². The summed E-state index contributed by atoms with van der Waals surface area (Å²) in [5.41, 5.74) is 1.37. The molecule has 2 N–H and O–H groups in total. The summed E-state index contributed by atoms with van der Waals surface area (Å²) in [6.07, 6.45) is 1.69. The number of hydrogen-bond acceptors (Lipinski definition) is 2. The van der Waals surface area contributed by atoms with E-state index in [0.717, 1.165) is 30.0 Å². The van der Waals surface area contributed by atoms with Crippen molar-refractivity contribution in [3.05, 3.63) is 69.5 Å². The van der Waals surface area contributed by atoms with Crippen molar-refractivity contribution < 1.29 is 9.18 Å². The second kappa shape index (κ2) is 7.51. The monoisotopic (exact) mass is 366 g/mol. The summed E-state index contributed by atoms with van der Waals surface area (Å²) in [7, 11) is 0. The number of carbonyl (C=O) groups is 1. The number of nitrogens with one attached hydrogen (secondary N) is 2. The van der Waals surface area contributed by atoms with Crippen LogP contribution in [-0.2, 0) is 6.54 Å². The number of carbonyl (C=O) groups excluding carboxylic acids is 1. The Balaban J connectivity index is 1.44. The van der Waals surface area contributed by atoms with Crippen molar-refractivity contribution in [3.8, 4) is 0 Å². The quantitative estimate of drug-likeness (QED) is 0.832. The fraction of sp³-hybridized carbons (Fsp3) is 0.278. The maximum Gasteiger partial charge on any atom is 0.251 e. The average molecular weight is 367 g/mol. The lowest BCUT2D eigenvalue weighted by atomic mass is 9.86. The largest absolute Gasteiger partial charge is 0.349 e. The van der Waals surface area contributed by atoms with Gasteiger partial charge in [0, 0.05) is 34.2 Å². The maximum atomic E-state index is 13.3. The molecule has 0 unspecified atom stereocenters. The lowest BCUT2D eigenvalue weighted by Crippen LogP contribution is -2.52. The molecule has 0 saturated heterocycles.